The van der Waals surface area contributed by atoms with Crippen LogP contribution in [0.2, 0.25) is 0 Å². The highest BCUT2D eigenvalue weighted by molar-refractivity contribution is 5.74. The third kappa shape index (κ3) is 2.53. The number of aliphatic carboxylic acids is 1. The zero-order chi connectivity index (χ0) is 14.2. The molecule has 0 unspecified atom stereocenters. The van der Waals surface area contributed by atoms with Crippen molar-refractivity contribution < 1.29 is 19.4 Å². The van der Waals surface area contributed by atoms with Crippen LogP contribution >= 0.6 is 0 Å². The molecule has 0 amide bonds. The van der Waals surface area contributed by atoms with Gasteiger partial charge in [0.15, 0.2) is 11.5 Å². The van der Waals surface area contributed by atoms with Gasteiger partial charge in [-0.3, -0.25) is 4.79 Å². The van der Waals surface area contributed by atoms with Gasteiger partial charge >= 0.3 is 5.97 Å². The fourth-order valence-corrected chi connectivity index (χ4v) is 2.37. The van der Waals surface area contributed by atoms with Gasteiger partial charge in [0.25, 0.3) is 0 Å². The first-order valence-electron chi connectivity index (χ1n) is 6.47. The first kappa shape index (κ1) is 13.7. The first-order chi connectivity index (χ1) is 8.83. The second-order valence-electron chi connectivity index (χ2n) is 5.89. The Labute approximate surface area is 113 Å². The summed E-state index contributed by atoms with van der Waals surface area (Å²) in [5.74, 6) is 0.991. The normalized spacial score (nSPS) is 13.9. The number of rotatable bonds is 4. The molecule has 0 spiro atoms. The molecular weight excluding hydrogens is 244 g/mol. The summed E-state index contributed by atoms with van der Waals surface area (Å²) in [6.07, 6.45) is 0.479. The number of ether oxygens (including phenoxy) is 2. The second-order valence-corrected chi connectivity index (χ2v) is 5.89. The molecule has 0 saturated carbocycles. The molecule has 4 heteroatoms. The Kier molecular flexibility index (Phi) is 3.43. The van der Waals surface area contributed by atoms with Crippen LogP contribution in [0.15, 0.2) is 12.1 Å². The van der Waals surface area contributed by atoms with E-state index >= 15 is 0 Å². The lowest BCUT2D eigenvalue weighted by Crippen LogP contribution is -2.26. The van der Waals surface area contributed by atoms with Crippen molar-refractivity contribution in [2.24, 2.45) is 5.41 Å². The van der Waals surface area contributed by atoms with Crippen LogP contribution in [0.1, 0.15) is 44.7 Å². The average Bonchev–Trinajstić information content (AvgIpc) is 2.75. The van der Waals surface area contributed by atoms with E-state index in [0.29, 0.717) is 6.42 Å². The fraction of sp³-hybridized carbons (Fsp3) is 0.533. The molecule has 19 heavy (non-hydrogen) atoms. The fourth-order valence-electron chi connectivity index (χ4n) is 2.37. The molecule has 1 aromatic carbocycles. The van der Waals surface area contributed by atoms with E-state index in [0.717, 1.165) is 22.6 Å². The Hall–Kier alpha value is -1.71. The van der Waals surface area contributed by atoms with E-state index in [1.807, 2.05) is 12.1 Å². The summed E-state index contributed by atoms with van der Waals surface area (Å²) in [7, 11) is 0. The van der Waals surface area contributed by atoms with E-state index in [2.05, 4.69) is 13.8 Å². The number of carbonyl (C=O) groups is 1. The van der Waals surface area contributed by atoms with Crippen LogP contribution in [0.25, 0.3) is 0 Å². The number of benzene rings is 1. The molecule has 1 aliphatic rings. The SMILES string of the molecule is CC(C)c1c(CC(C)(C)C(=O)O)ccc2c1OCO2. The van der Waals surface area contributed by atoms with Gasteiger partial charge in [0.2, 0.25) is 6.79 Å². The summed E-state index contributed by atoms with van der Waals surface area (Å²) in [6, 6.07) is 3.81. The zero-order valence-electron chi connectivity index (χ0n) is 11.8. The molecule has 1 heterocycles. The maximum atomic E-state index is 11.3. The summed E-state index contributed by atoms with van der Waals surface area (Å²) in [4.78, 5) is 11.3. The molecule has 0 radical (unpaired) electrons. The highest BCUT2D eigenvalue weighted by Crippen LogP contribution is 2.42. The van der Waals surface area contributed by atoms with Crippen molar-refractivity contribution in [3.63, 3.8) is 0 Å². The van der Waals surface area contributed by atoms with Crippen molar-refractivity contribution in [2.45, 2.75) is 40.0 Å². The largest absolute Gasteiger partial charge is 0.481 e. The summed E-state index contributed by atoms with van der Waals surface area (Å²) in [5.41, 5.74) is 1.29. The van der Waals surface area contributed by atoms with Crippen molar-refractivity contribution in [2.75, 3.05) is 6.79 Å². The molecule has 0 saturated heterocycles. The van der Waals surface area contributed by atoms with Gasteiger partial charge in [0, 0.05) is 5.56 Å². The van der Waals surface area contributed by atoms with Gasteiger partial charge in [0.1, 0.15) is 0 Å². The van der Waals surface area contributed by atoms with Crippen LogP contribution in [-0.2, 0) is 11.2 Å². The first-order valence-corrected chi connectivity index (χ1v) is 6.47. The topological polar surface area (TPSA) is 55.8 Å². The van der Waals surface area contributed by atoms with E-state index in [9.17, 15) is 9.90 Å². The second kappa shape index (κ2) is 4.76. The van der Waals surface area contributed by atoms with Gasteiger partial charge in [-0.25, -0.2) is 0 Å². The number of hydrogen-bond acceptors (Lipinski definition) is 3. The molecule has 0 aromatic heterocycles. The smallest absolute Gasteiger partial charge is 0.309 e. The summed E-state index contributed by atoms with van der Waals surface area (Å²) in [6.45, 7) is 7.87. The van der Waals surface area contributed by atoms with E-state index < -0.39 is 11.4 Å². The quantitative estimate of drug-likeness (QED) is 0.907. The molecule has 1 N–H and O–H groups in total. The summed E-state index contributed by atoms with van der Waals surface area (Å²) < 4.78 is 10.9. The van der Waals surface area contributed by atoms with Crippen molar-refractivity contribution in [1.29, 1.82) is 0 Å². The number of carboxylic acid groups (broad SMARTS) is 1. The number of fused-ring (bicyclic) bond motifs is 1. The van der Waals surface area contributed by atoms with Gasteiger partial charge in [-0.2, -0.15) is 0 Å². The monoisotopic (exact) mass is 264 g/mol. The Morgan fingerprint density at radius 3 is 2.63 bits per heavy atom. The standard InChI is InChI=1S/C15H20O4/c1-9(2)12-10(7-15(3,4)14(16)17)5-6-11-13(12)19-8-18-11/h5-6,9H,7-8H2,1-4H3,(H,16,17). The molecule has 0 bridgehead atoms. The van der Waals surface area contributed by atoms with Crippen LogP contribution in [0, 0.1) is 5.41 Å². The van der Waals surface area contributed by atoms with Crippen LogP contribution in [0.4, 0.5) is 0 Å². The Morgan fingerprint density at radius 1 is 1.37 bits per heavy atom. The average molecular weight is 264 g/mol. The van der Waals surface area contributed by atoms with E-state index in [-0.39, 0.29) is 12.7 Å². The van der Waals surface area contributed by atoms with Crippen molar-refractivity contribution >= 4 is 5.97 Å². The maximum absolute atomic E-state index is 11.3. The van der Waals surface area contributed by atoms with Crippen molar-refractivity contribution in [3.05, 3.63) is 23.3 Å². The predicted octanol–water partition coefficient (Wildman–Crippen LogP) is 3.19. The van der Waals surface area contributed by atoms with Gasteiger partial charge in [0.05, 0.1) is 5.41 Å². The molecular formula is C15H20O4. The minimum atomic E-state index is -0.794. The predicted molar refractivity (Wildman–Crippen MR) is 71.8 cm³/mol. The van der Waals surface area contributed by atoms with E-state index in [1.54, 1.807) is 13.8 Å². The molecule has 2 rings (SSSR count). The number of carboxylic acids is 1. The van der Waals surface area contributed by atoms with Gasteiger partial charge in [-0.15, -0.1) is 0 Å². The zero-order valence-corrected chi connectivity index (χ0v) is 11.8. The third-order valence-electron chi connectivity index (χ3n) is 3.46. The lowest BCUT2D eigenvalue weighted by atomic mass is 9.82. The van der Waals surface area contributed by atoms with Gasteiger partial charge < -0.3 is 14.6 Å². The Balaban J connectivity index is 2.44. The van der Waals surface area contributed by atoms with Gasteiger partial charge in [-0.1, -0.05) is 19.9 Å². The van der Waals surface area contributed by atoms with Crippen LogP contribution in [0.5, 0.6) is 11.5 Å². The third-order valence-corrected chi connectivity index (χ3v) is 3.46. The summed E-state index contributed by atoms with van der Waals surface area (Å²) >= 11 is 0. The minimum absolute atomic E-state index is 0.237. The van der Waals surface area contributed by atoms with Crippen LogP contribution in [-0.4, -0.2) is 17.9 Å². The molecule has 104 valence electrons. The van der Waals surface area contributed by atoms with Crippen LogP contribution in [0.3, 0.4) is 0 Å². The molecule has 4 nitrogen and oxygen atoms in total. The Bertz CT molecular complexity index is 503. The molecule has 0 fully saturated rings. The highest BCUT2D eigenvalue weighted by atomic mass is 16.7. The minimum Gasteiger partial charge on any atom is -0.481 e. The molecule has 0 atom stereocenters. The van der Waals surface area contributed by atoms with E-state index in [1.165, 1.54) is 0 Å². The molecule has 1 aliphatic heterocycles. The number of hydrogen-bond donors (Lipinski definition) is 1. The lowest BCUT2D eigenvalue weighted by molar-refractivity contribution is -0.146. The van der Waals surface area contributed by atoms with Crippen molar-refractivity contribution in [3.8, 4) is 11.5 Å². The molecule has 1 aromatic rings. The lowest BCUT2D eigenvalue weighted by Gasteiger charge is -2.23. The van der Waals surface area contributed by atoms with Crippen molar-refractivity contribution in [1.82, 2.24) is 0 Å². The highest BCUT2D eigenvalue weighted by Gasteiger charge is 2.31. The summed E-state index contributed by atoms with van der Waals surface area (Å²) in [5, 5.41) is 9.27. The maximum Gasteiger partial charge on any atom is 0.309 e. The van der Waals surface area contributed by atoms with E-state index in [4.69, 9.17) is 9.47 Å². The molecule has 0 aliphatic carbocycles. The van der Waals surface area contributed by atoms with Crippen LogP contribution < -0.4 is 9.47 Å². The van der Waals surface area contributed by atoms with Gasteiger partial charge in [-0.05, 0) is 37.8 Å². The Morgan fingerprint density at radius 2 is 2.05 bits per heavy atom.